The number of aromatic nitrogens is 6. The summed E-state index contributed by atoms with van der Waals surface area (Å²) in [6.45, 7) is 0. The fourth-order valence-corrected chi connectivity index (χ4v) is 7.85. The number of hydrogen-bond donors (Lipinski definition) is 2. The maximum atomic E-state index is 11.5. The van der Waals surface area contributed by atoms with E-state index in [2.05, 4.69) is 44.2 Å². The van der Waals surface area contributed by atoms with Crippen LogP contribution in [0.4, 0.5) is 0 Å². The summed E-state index contributed by atoms with van der Waals surface area (Å²) in [5.41, 5.74) is 17.0. The molecule has 0 fully saturated rings. The van der Waals surface area contributed by atoms with Crippen LogP contribution in [-0.4, -0.2) is 42.5 Å². The zero-order valence-electron chi connectivity index (χ0n) is 26.1. The largest absolute Gasteiger partial charge is 0.354 e. The highest BCUT2D eigenvalue weighted by atomic mass is 32.1. The molecule has 7 heterocycles. The van der Waals surface area contributed by atoms with E-state index in [0.29, 0.717) is 11.1 Å². The molecule has 2 aliphatic heterocycles. The zero-order chi connectivity index (χ0) is 33.6. The smallest absolute Gasteiger partial charge is 0.150 e. The van der Waals surface area contributed by atoms with Gasteiger partial charge in [-0.05, 0) is 59.7 Å². The number of carbonyl (C=O) groups is 2. The molecule has 2 aliphatic rings. The minimum absolute atomic E-state index is 0.601. The van der Waals surface area contributed by atoms with Gasteiger partial charge in [0.1, 0.15) is 12.6 Å². The van der Waals surface area contributed by atoms with E-state index in [1.165, 1.54) is 0 Å². The Hall–Kier alpha value is -6.36. The molecule has 50 heavy (non-hydrogen) atoms. The van der Waals surface area contributed by atoms with Crippen LogP contribution in [0.5, 0.6) is 0 Å². The van der Waals surface area contributed by atoms with Gasteiger partial charge >= 0.3 is 0 Å². The summed E-state index contributed by atoms with van der Waals surface area (Å²) >= 11 is 3.09. The molecule has 8 nitrogen and oxygen atoms in total. The number of nitrogens with one attached hydrogen (secondary N) is 2. The normalized spacial score (nSPS) is 12.0. The molecule has 7 aromatic rings. The van der Waals surface area contributed by atoms with Crippen molar-refractivity contribution in [2.24, 2.45) is 0 Å². The lowest BCUT2D eigenvalue weighted by Crippen LogP contribution is -1.89. The third-order valence-corrected chi connectivity index (χ3v) is 10.4. The minimum atomic E-state index is 0.601. The predicted octanol–water partition coefficient (Wildman–Crippen LogP) is 9.86. The van der Waals surface area contributed by atoms with E-state index in [-0.39, 0.29) is 0 Å². The second kappa shape index (κ2) is 12.3. The monoisotopic (exact) mass is 684 g/mol. The van der Waals surface area contributed by atoms with Gasteiger partial charge in [0.25, 0.3) is 0 Å². The van der Waals surface area contributed by atoms with Crippen molar-refractivity contribution in [1.29, 1.82) is 0 Å². The van der Waals surface area contributed by atoms with E-state index in [9.17, 15) is 9.59 Å². The molecule has 238 valence electrons. The van der Waals surface area contributed by atoms with Gasteiger partial charge in [-0.3, -0.25) is 19.6 Å². The van der Waals surface area contributed by atoms with Gasteiger partial charge in [0, 0.05) is 67.8 Å². The Morgan fingerprint density at radius 2 is 0.820 bits per heavy atom. The number of H-pyrrole nitrogens is 2. The predicted molar refractivity (Wildman–Crippen MR) is 203 cm³/mol. The summed E-state index contributed by atoms with van der Waals surface area (Å²) in [6.07, 6.45) is 13.6. The summed E-state index contributed by atoms with van der Waals surface area (Å²) in [7, 11) is 0. The standard InChI is InChI=1S/C40H24N6O2S2/c47-19-23-1-5-25(6-2-23)37-27-9-13-31(43-27)39(35-17-41-21-49-35)33-15-11-29(45-33)38(26-7-3-24(20-48)4-8-26)30-12-16-34(46-30)40(36-18-42-22-50-36)32-14-10-28(37)44-32/h1-22,43,46H. The average Bonchev–Trinajstić information content (AvgIpc) is 4.00. The van der Waals surface area contributed by atoms with Crippen LogP contribution in [0.2, 0.25) is 0 Å². The number of carbonyl (C=O) groups excluding carboxylic acids is 2. The summed E-state index contributed by atoms with van der Waals surface area (Å²) in [4.78, 5) is 51.7. The number of benzene rings is 2. The van der Waals surface area contributed by atoms with Crippen molar-refractivity contribution in [2.75, 3.05) is 0 Å². The molecule has 0 saturated heterocycles. The quantitative estimate of drug-likeness (QED) is 0.168. The lowest BCUT2D eigenvalue weighted by molar-refractivity contribution is 0.111. The summed E-state index contributed by atoms with van der Waals surface area (Å²) in [5, 5.41) is 0. The lowest BCUT2D eigenvalue weighted by Gasteiger charge is -2.06. The molecule has 0 aliphatic carbocycles. The van der Waals surface area contributed by atoms with E-state index in [1.807, 2.05) is 96.2 Å². The third-order valence-electron chi connectivity index (χ3n) is 8.78. The van der Waals surface area contributed by atoms with Crippen molar-refractivity contribution >= 4 is 81.6 Å². The van der Waals surface area contributed by atoms with Crippen molar-refractivity contribution in [3.63, 3.8) is 0 Å². The van der Waals surface area contributed by atoms with Gasteiger partial charge in [0.05, 0.1) is 43.6 Å². The lowest BCUT2D eigenvalue weighted by atomic mass is 10.0. The first kappa shape index (κ1) is 29.8. The van der Waals surface area contributed by atoms with Crippen LogP contribution in [0.3, 0.4) is 0 Å². The summed E-state index contributed by atoms with van der Waals surface area (Å²) in [5.74, 6) is 0. The number of fused-ring (bicyclic) bond motifs is 8. The van der Waals surface area contributed by atoms with Gasteiger partial charge in [-0.1, -0.05) is 48.5 Å². The van der Waals surface area contributed by atoms with Gasteiger partial charge in [-0.25, -0.2) is 9.97 Å². The molecule has 0 saturated carbocycles. The molecule has 10 heteroatoms. The number of hydrogen-bond acceptors (Lipinski definition) is 8. The third kappa shape index (κ3) is 5.14. The van der Waals surface area contributed by atoms with Crippen LogP contribution in [0.25, 0.3) is 89.5 Å². The van der Waals surface area contributed by atoms with Gasteiger partial charge in [-0.15, -0.1) is 22.7 Å². The molecule has 2 aromatic carbocycles. The zero-order valence-corrected chi connectivity index (χ0v) is 27.8. The SMILES string of the molecule is O=Cc1ccc(-c2c3nc(c(-c4cncs4)c4ccc([nH]4)c(-c4ccc(C=O)cc4)c4nc(c(-c5cncs5)c5ccc2[nH]5)C=C4)C=C3)cc1. The topological polar surface area (TPSA) is 117 Å². The Kier molecular flexibility index (Phi) is 7.30. The second-order valence-electron chi connectivity index (χ2n) is 11.7. The van der Waals surface area contributed by atoms with Crippen LogP contribution in [0.1, 0.15) is 43.5 Å². The molecule has 0 atom stereocenters. The maximum absolute atomic E-state index is 11.5. The highest BCUT2D eigenvalue weighted by Crippen LogP contribution is 2.39. The Labute approximate surface area is 293 Å². The van der Waals surface area contributed by atoms with Crippen molar-refractivity contribution in [2.45, 2.75) is 0 Å². The van der Waals surface area contributed by atoms with Gasteiger partial charge in [0.15, 0.2) is 0 Å². The molecule has 2 N–H and O–H groups in total. The first-order valence-electron chi connectivity index (χ1n) is 15.7. The minimum Gasteiger partial charge on any atom is -0.354 e. The molecule has 9 rings (SSSR count). The highest BCUT2D eigenvalue weighted by Gasteiger charge is 2.19. The molecule has 8 bridgehead atoms. The average molecular weight is 685 g/mol. The fraction of sp³-hybridized carbons (Fsp3) is 0. The fourth-order valence-electron chi connectivity index (χ4n) is 6.47. The van der Waals surface area contributed by atoms with Crippen LogP contribution in [0, 0.1) is 0 Å². The van der Waals surface area contributed by atoms with Crippen molar-refractivity contribution in [1.82, 2.24) is 29.9 Å². The van der Waals surface area contributed by atoms with E-state index < -0.39 is 0 Å². The molecule has 0 unspecified atom stereocenters. The van der Waals surface area contributed by atoms with Crippen molar-refractivity contribution in [3.05, 3.63) is 130 Å². The number of aromatic amines is 2. The van der Waals surface area contributed by atoms with Gasteiger partial charge < -0.3 is 9.97 Å². The van der Waals surface area contributed by atoms with Gasteiger partial charge in [-0.2, -0.15) is 0 Å². The van der Waals surface area contributed by atoms with E-state index in [4.69, 9.17) is 9.97 Å². The molecule has 0 radical (unpaired) electrons. The Morgan fingerprint density at radius 3 is 1.16 bits per heavy atom. The van der Waals surface area contributed by atoms with E-state index >= 15 is 0 Å². The molecule has 0 amide bonds. The first-order valence-corrected chi connectivity index (χ1v) is 17.5. The van der Waals surface area contributed by atoms with Crippen LogP contribution >= 0.6 is 22.7 Å². The maximum Gasteiger partial charge on any atom is 0.150 e. The van der Waals surface area contributed by atoms with Crippen LogP contribution in [0.15, 0.2) is 96.2 Å². The molecule has 0 spiro atoms. The van der Waals surface area contributed by atoms with Gasteiger partial charge in [0.2, 0.25) is 0 Å². The second-order valence-corrected chi connectivity index (χ2v) is 13.5. The Bertz CT molecular complexity index is 2480. The number of aldehydes is 2. The first-order chi connectivity index (χ1) is 24.7. The van der Waals surface area contributed by atoms with Crippen LogP contribution in [-0.2, 0) is 0 Å². The van der Waals surface area contributed by atoms with Crippen LogP contribution < -0.4 is 0 Å². The summed E-state index contributed by atoms with van der Waals surface area (Å²) < 4.78 is 0. The Morgan fingerprint density at radius 1 is 0.460 bits per heavy atom. The molecular formula is C40H24N6O2S2. The molecular weight excluding hydrogens is 661 g/mol. The highest BCUT2D eigenvalue weighted by molar-refractivity contribution is 7.13. The number of nitrogens with zero attached hydrogens (tertiary/aromatic N) is 4. The Balaban J connectivity index is 1.45. The number of rotatable bonds is 6. The van der Waals surface area contributed by atoms with E-state index in [1.54, 1.807) is 22.7 Å². The van der Waals surface area contributed by atoms with Crippen molar-refractivity contribution in [3.8, 4) is 43.1 Å². The molecule has 5 aromatic heterocycles. The van der Waals surface area contributed by atoms with E-state index in [0.717, 1.165) is 101 Å². The number of thiazole rings is 2. The van der Waals surface area contributed by atoms with Crippen molar-refractivity contribution < 1.29 is 9.59 Å². The summed E-state index contributed by atoms with van der Waals surface area (Å²) in [6, 6.07) is 23.4.